The van der Waals surface area contributed by atoms with Gasteiger partial charge in [0.05, 0.1) is 0 Å². The van der Waals surface area contributed by atoms with Gasteiger partial charge in [-0.3, -0.25) is 0 Å². The highest BCUT2D eigenvalue weighted by Crippen LogP contribution is 2.41. The van der Waals surface area contributed by atoms with Gasteiger partial charge in [-0.1, -0.05) is 97.0 Å². The van der Waals surface area contributed by atoms with Crippen molar-refractivity contribution in [3.63, 3.8) is 0 Å². The molecule has 0 saturated carbocycles. The molecular weight excluding hydrogens is 324 g/mol. The Balaban J connectivity index is 2.73. The van der Waals surface area contributed by atoms with Gasteiger partial charge in [-0.25, -0.2) is 0 Å². The third kappa shape index (κ3) is 4.72. The van der Waals surface area contributed by atoms with E-state index in [0.717, 1.165) is 12.0 Å². The molecule has 0 unspecified atom stereocenters. The lowest BCUT2D eigenvalue weighted by Crippen LogP contribution is -2.26. The number of hydrogen-bond acceptors (Lipinski definition) is 0. The molecule has 2 rings (SSSR count). The van der Waals surface area contributed by atoms with Crippen LogP contribution in [0.25, 0.3) is 16.7 Å². The first-order chi connectivity index (χ1) is 12.3. The number of allylic oxidation sites excluding steroid dienone is 1. The molecule has 0 heteroatoms. The molecule has 2 aromatic rings. The van der Waals surface area contributed by atoms with Crippen molar-refractivity contribution in [2.45, 2.75) is 74.1 Å². The lowest BCUT2D eigenvalue weighted by molar-refractivity contribution is 0.371. The van der Waals surface area contributed by atoms with E-state index in [0.29, 0.717) is 5.92 Å². The SMILES string of the molecule is C=C(C)c1c(-c2cc(CC(C)(C)C)ccc2C)cccc1C(C)(C)C(C)C. The largest absolute Gasteiger partial charge is 0.0955 e. The number of aryl methyl sites for hydroxylation is 1. The molecule has 0 saturated heterocycles. The Morgan fingerprint density at radius 1 is 0.963 bits per heavy atom. The summed E-state index contributed by atoms with van der Waals surface area (Å²) in [5.41, 5.74) is 9.66. The van der Waals surface area contributed by atoms with E-state index >= 15 is 0 Å². The average molecular weight is 363 g/mol. The second-order valence-corrected chi connectivity index (χ2v) is 10.3. The second kappa shape index (κ2) is 7.66. The zero-order valence-electron chi connectivity index (χ0n) is 19.0. The highest BCUT2D eigenvalue weighted by Gasteiger charge is 2.29. The van der Waals surface area contributed by atoms with Gasteiger partial charge in [0.15, 0.2) is 0 Å². The molecule has 27 heavy (non-hydrogen) atoms. The van der Waals surface area contributed by atoms with Crippen molar-refractivity contribution < 1.29 is 0 Å². The predicted molar refractivity (Wildman–Crippen MR) is 122 cm³/mol. The molecule has 0 aromatic heterocycles. The molecule has 0 radical (unpaired) electrons. The van der Waals surface area contributed by atoms with Gasteiger partial charge in [-0.15, -0.1) is 0 Å². The minimum absolute atomic E-state index is 0.0984. The van der Waals surface area contributed by atoms with Crippen molar-refractivity contribution in [2.75, 3.05) is 0 Å². The van der Waals surface area contributed by atoms with Crippen molar-refractivity contribution in [1.82, 2.24) is 0 Å². The maximum absolute atomic E-state index is 4.36. The van der Waals surface area contributed by atoms with E-state index in [1.165, 1.54) is 33.4 Å². The standard InChI is InChI=1S/C27H38/c1-18(2)25-22(12-11-13-24(25)27(9,10)19(3)4)23-16-21(15-14-20(23)5)17-26(6,7)8/h11-16,19H,1,17H2,2-10H3. The minimum Gasteiger partial charge on any atom is -0.0955 e. The summed E-state index contributed by atoms with van der Waals surface area (Å²) in [5, 5.41) is 0. The van der Waals surface area contributed by atoms with E-state index in [1.807, 2.05) is 0 Å². The first kappa shape index (κ1) is 21.5. The summed E-state index contributed by atoms with van der Waals surface area (Å²) >= 11 is 0. The van der Waals surface area contributed by atoms with E-state index in [9.17, 15) is 0 Å². The monoisotopic (exact) mass is 362 g/mol. The van der Waals surface area contributed by atoms with Crippen LogP contribution in [0.5, 0.6) is 0 Å². The maximum atomic E-state index is 4.36. The molecule has 0 aliphatic heterocycles. The van der Waals surface area contributed by atoms with Gasteiger partial charge in [0.2, 0.25) is 0 Å². The van der Waals surface area contributed by atoms with Crippen molar-refractivity contribution in [1.29, 1.82) is 0 Å². The van der Waals surface area contributed by atoms with Gasteiger partial charge in [0, 0.05) is 0 Å². The number of rotatable bonds is 5. The van der Waals surface area contributed by atoms with E-state index in [1.54, 1.807) is 0 Å². The smallest absolute Gasteiger partial charge is 0.00743 e. The highest BCUT2D eigenvalue weighted by atomic mass is 14.3. The number of benzene rings is 2. The highest BCUT2D eigenvalue weighted by molar-refractivity contribution is 5.84. The van der Waals surface area contributed by atoms with Gasteiger partial charge < -0.3 is 0 Å². The normalized spacial score (nSPS) is 12.5. The molecular formula is C27H38. The predicted octanol–water partition coefficient (Wildman–Crippen LogP) is 8.22. The quantitative estimate of drug-likeness (QED) is 0.502. The van der Waals surface area contributed by atoms with Crippen LogP contribution in [0, 0.1) is 18.3 Å². The fourth-order valence-corrected chi connectivity index (χ4v) is 3.77. The summed E-state index contributed by atoms with van der Waals surface area (Å²) in [6.07, 6.45) is 1.08. The Labute approximate surface area is 167 Å². The Bertz CT molecular complexity index is 826. The van der Waals surface area contributed by atoms with Crippen LogP contribution in [0.3, 0.4) is 0 Å². The first-order valence-corrected chi connectivity index (χ1v) is 10.2. The Kier molecular flexibility index (Phi) is 6.10. The molecule has 0 heterocycles. The average Bonchev–Trinajstić information content (AvgIpc) is 2.54. The van der Waals surface area contributed by atoms with E-state index in [4.69, 9.17) is 0 Å². The molecule has 0 spiro atoms. The van der Waals surface area contributed by atoms with Gasteiger partial charge >= 0.3 is 0 Å². The van der Waals surface area contributed by atoms with E-state index in [2.05, 4.69) is 105 Å². The molecule has 0 N–H and O–H groups in total. The Morgan fingerprint density at radius 2 is 1.59 bits per heavy atom. The molecule has 0 bridgehead atoms. The molecule has 0 atom stereocenters. The summed E-state index contributed by atoms with van der Waals surface area (Å²) in [7, 11) is 0. The van der Waals surface area contributed by atoms with Crippen LogP contribution in [-0.4, -0.2) is 0 Å². The van der Waals surface area contributed by atoms with E-state index < -0.39 is 0 Å². The lowest BCUT2D eigenvalue weighted by atomic mass is 9.71. The summed E-state index contributed by atoms with van der Waals surface area (Å²) in [6.45, 7) is 25.0. The topological polar surface area (TPSA) is 0 Å². The van der Waals surface area contributed by atoms with Gasteiger partial charge in [0.1, 0.15) is 0 Å². The zero-order chi connectivity index (χ0) is 20.6. The van der Waals surface area contributed by atoms with E-state index in [-0.39, 0.29) is 10.8 Å². The lowest BCUT2D eigenvalue weighted by Gasteiger charge is -2.33. The molecule has 2 aromatic carbocycles. The van der Waals surface area contributed by atoms with Gasteiger partial charge in [-0.2, -0.15) is 0 Å². The second-order valence-electron chi connectivity index (χ2n) is 10.3. The van der Waals surface area contributed by atoms with Crippen LogP contribution in [0.1, 0.15) is 77.6 Å². The van der Waals surface area contributed by atoms with Crippen LogP contribution in [0.15, 0.2) is 43.0 Å². The van der Waals surface area contributed by atoms with Crippen molar-refractivity contribution >= 4 is 5.57 Å². The third-order valence-electron chi connectivity index (χ3n) is 5.96. The van der Waals surface area contributed by atoms with Gasteiger partial charge in [-0.05, 0) is 70.4 Å². The molecule has 0 nitrogen and oxygen atoms in total. The molecule has 146 valence electrons. The van der Waals surface area contributed by atoms with Crippen molar-refractivity contribution in [3.05, 3.63) is 65.2 Å². The minimum atomic E-state index is 0.0984. The maximum Gasteiger partial charge on any atom is -0.00743 e. The fourth-order valence-electron chi connectivity index (χ4n) is 3.77. The molecule has 0 fully saturated rings. The van der Waals surface area contributed by atoms with Gasteiger partial charge in [0.25, 0.3) is 0 Å². The molecule has 0 aliphatic carbocycles. The Morgan fingerprint density at radius 3 is 2.11 bits per heavy atom. The molecule has 0 amide bonds. The Hall–Kier alpha value is -1.82. The zero-order valence-corrected chi connectivity index (χ0v) is 19.0. The van der Waals surface area contributed by atoms with Crippen LogP contribution in [0.2, 0.25) is 0 Å². The summed E-state index contributed by atoms with van der Waals surface area (Å²) in [6, 6.07) is 13.7. The van der Waals surface area contributed by atoms with Crippen LogP contribution < -0.4 is 0 Å². The van der Waals surface area contributed by atoms with Crippen LogP contribution >= 0.6 is 0 Å². The van der Waals surface area contributed by atoms with Crippen molar-refractivity contribution in [3.8, 4) is 11.1 Å². The van der Waals surface area contributed by atoms with Crippen LogP contribution in [-0.2, 0) is 11.8 Å². The number of hydrogen-bond donors (Lipinski definition) is 0. The fraction of sp³-hybridized carbons (Fsp3) is 0.481. The summed E-state index contributed by atoms with van der Waals surface area (Å²) in [5.74, 6) is 0.555. The molecule has 0 aliphatic rings. The first-order valence-electron chi connectivity index (χ1n) is 10.2. The van der Waals surface area contributed by atoms with Crippen molar-refractivity contribution in [2.24, 2.45) is 11.3 Å². The summed E-state index contributed by atoms with van der Waals surface area (Å²) in [4.78, 5) is 0. The summed E-state index contributed by atoms with van der Waals surface area (Å²) < 4.78 is 0. The van der Waals surface area contributed by atoms with Crippen LogP contribution in [0.4, 0.5) is 0 Å². The third-order valence-corrected chi connectivity index (χ3v) is 5.96.